The van der Waals surface area contributed by atoms with Gasteiger partial charge in [0.1, 0.15) is 18.1 Å². The molecule has 0 saturated carbocycles. The van der Waals surface area contributed by atoms with Gasteiger partial charge in [-0.05, 0) is 48.2 Å². The van der Waals surface area contributed by atoms with Crippen LogP contribution in [0.2, 0.25) is 0 Å². The lowest BCUT2D eigenvalue weighted by Crippen LogP contribution is -2.39. The van der Waals surface area contributed by atoms with Crippen LogP contribution in [0.3, 0.4) is 0 Å². The van der Waals surface area contributed by atoms with Crippen molar-refractivity contribution in [2.24, 2.45) is 5.41 Å². The quantitative estimate of drug-likeness (QED) is 0.485. The van der Waals surface area contributed by atoms with Gasteiger partial charge >= 0.3 is 12.1 Å². The molecule has 3 aromatic rings. The summed E-state index contributed by atoms with van der Waals surface area (Å²) in [6.45, 7) is 3.12. The number of carbonyl (C=O) groups excluding carboxylic acids is 2. The fourth-order valence-electron chi connectivity index (χ4n) is 3.84. The zero-order chi connectivity index (χ0) is 24.3. The summed E-state index contributed by atoms with van der Waals surface area (Å²) in [5.74, 6) is -1.47. The molecule has 0 saturated heterocycles. The van der Waals surface area contributed by atoms with Gasteiger partial charge in [-0.15, -0.1) is 0 Å². The summed E-state index contributed by atoms with van der Waals surface area (Å²) in [6, 6.07) is 20.7. The van der Waals surface area contributed by atoms with E-state index in [0.717, 1.165) is 22.3 Å². The number of carboxylic acids is 1. The zero-order valence-electron chi connectivity index (χ0n) is 18.9. The van der Waals surface area contributed by atoms with Gasteiger partial charge in [0, 0.05) is 12.5 Å². The standard InChI is InChI=1S/C26H25N3O5/c1-26(2,24(31)32)15-27-23(30)21-12-7-13-22(28-21)29-25(33)34-14-20-18-10-5-3-8-16(18)17-9-4-6-11-19(17)20/h3-13,20H,14-15H2,1-2H3,(H,27,30)(H,31,32)(H,28,29,33). The average Bonchev–Trinajstić information content (AvgIpc) is 3.15. The van der Waals surface area contributed by atoms with Crippen LogP contribution >= 0.6 is 0 Å². The minimum absolute atomic E-state index is 0.0534. The maximum absolute atomic E-state index is 12.5. The number of aliphatic carboxylic acids is 1. The normalized spacial score (nSPS) is 12.4. The summed E-state index contributed by atoms with van der Waals surface area (Å²) in [4.78, 5) is 40.2. The predicted molar refractivity (Wildman–Crippen MR) is 127 cm³/mol. The monoisotopic (exact) mass is 459 g/mol. The van der Waals surface area contributed by atoms with Crippen molar-refractivity contribution in [2.45, 2.75) is 19.8 Å². The number of anilines is 1. The Morgan fingerprint density at radius 1 is 0.941 bits per heavy atom. The number of fused-ring (bicyclic) bond motifs is 3. The second-order valence-corrected chi connectivity index (χ2v) is 8.73. The van der Waals surface area contributed by atoms with Gasteiger partial charge in [-0.3, -0.25) is 14.9 Å². The van der Waals surface area contributed by atoms with Crippen LogP contribution in [-0.2, 0) is 9.53 Å². The second-order valence-electron chi connectivity index (χ2n) is 8.73. The fourth-order valence-corrected chi connectivity index (χ4v) is 3.84. The van der Waals surface area contributed by atoms with Crippen LogP contribution < -0.4 is 10.6 Å². The summed E-state index contributed by atoms with van der Waals surface area (Å²) in [6.07, 6.45) is -0.682. The number of hydrogen-bond acceptors (Lipinski definition) is 5. The SMILES string of the molecule is CC(C)(CNC(=O)c1cccc(NC(=O)OCC2c3ccccc3-c3ccccc32)n1)C(=O)O. The van der Waals surface area contributed by atoms with Crippen LogP contribution in [0.15, 0.2) is 66.7 Å². The van der Waals surface area contributed by atoms with Crippen molar-refractivity contribution >= 4 is 23.8 Å². The zero-order valence-corrected chi connectivity index (χ0v) is 18.9. The lowest BCUT2D eigenvalue weighted by Gasteiger charge is -2.19. The van der Waals surface area contributed by atoms with Crippen molar-refractivity contribution in [3.05, 3.63) is 83.6 Å². The molecule has 34 heavy (non-hydrogen) atoms. The van der Waals surface area contributed by atoms with Crippen LogP contribution in [0.1, 0.15) is 41.4 Å². The Kier molecular flexibility index (Phi) is 6.32. The van der Waals surface area contributed by atoms with Gasteiger partial charge in [0.05, 0.1) is 5.41 Å². The van der Waals surface area contributed by atoms with E-state index in [9.17, 15) is 19.5 Å². The molecule has 1 aromatic heterocycles. The maximum Gasteiger partial charge on any atom is 0.412 e. The first kappa shape index (κ1) is 23.0. The van der Waals surface area contributed by atoms with Crippen molar-refractivity contribution in [3.63, 3.8) is 0 Å². The molecule has 0 fully saturated rings. The van der Waals surface area contributed by atoms with Crippen LogP contribution in [0.4, 0.5) is 10.6 Å². The van der Waals surface area contributed by atoms with E-state index in [-0.39, 0.29) is 30.6 Å². The number of aromatic nitrogens is 1. The lowest BCUT2D eigenvalue weighted by atomic mass is 9.94. The minimum Gasteiger partial charge on any atom is -0.481 e. The van der Waals surface area contributed by atoms with Gasteiger partial charge in [0.25, 0.3) is 5.91 Å². The predicted octanol–water partition coefficient (Wildman–Crippen LogP) is 4.28. The summed E-state index contributed by atoms with van der Waals surface area (Å²) in [7, 11) is 0. The van der Waals surface area contributed by atoms with Crippen molar-refractivity contribution in [1.29, 1.82) is 0 Å². The highest BCUT2D eigenvalue weighted by atomic mass is 16.5. The Labute approximate surface area is 197 Å². The molecule has 2 amide bonds. The van der Waals surface area contributed by atoms with Gasteiger partial charge in [0.15, 0.2) is 0 Å². The van der Waals surface area contributed by atoms with E-state index in [1.807, 2.05) is 36.4 Å². The van der Waals surface area contributed by atoms with E-state index in [1.54, 1.807) is 12.1 Å². The first-order chi connectivity index (χ1) is 16.3. The third-order valence-electron chi connectivity index (χ3n) is 5.83. The van der Waals surface area contributed by atoms with Crippen LogP contribution in [0.5, 0.6) is 0 Å². The average molecular weight is 460 g/mol. The van der Waals surface area contributed by atoms with Gasteiger partial charge in [-0.25, -0.2) is 9.78 Å². The van der Waals surface area contributed by atoms with Crippen molar-refractivity contribution in [3.8, 4) is 11.1 Å². The molecule has 8 heteroatoms. The number of hydrogen-bond donors (Lipinski definition) is 3. The van der Waals surface area contributed by atoms with E-state index in [2.05, 4.69) is 27.8 Å². The fraction of sp³-hybridized carbons (Fsp3) is 0.231. The summed E-state index contributed by atoms with van der Waals surface area (Å²) in [5.41, 5.74) is 3.43. The topological polar surface area (TPSA) is 118 Å². The van der Waals surface area contributed by atoms with Crippen molar-refractivity contribution < 1.29 is 24.2 Å². The number of benzene rings is 2. The molecule has 2 aromatic carbocycles. The number of amides is 2. The molecule has 1 heterocycles. The molecule has 1 aliphatic carbocycles. The number of carbonyl (C=O) groups is 3. The lowest BCUT2D eigenvalue weighted by molar-refractivity contribution is -0.146. The summed E-state index contributed by atoms with van der Waals surface area (Å²) in [5, 5.41) is 14.3. The number of pyridine rings is 1. The Balaban J connectivity index is 1.38. The molecule has 0 spiro atoms. The smallest absolute Gasteiger partial charge is 0.412 e. The molecule has 3 N–H and O–H groups in total. The van der Waals surface area contributed by atoms with Gasteiger partial charge in [0.2, 0.25) is 0 Å². The molecule has 0 aliphatic heterocycles. The summed E-state index contributed by atoms with van der Waals surface area (Å²) < 4.78 is 5.51. The van der Waals surface area contributed by atoms with E-state index < -0.39 is 23.4 Å². The molecule has 0 unspecified atom stereocenters. The molecule has 0 radical (unpaired) electrons. The third kappa shape index (κ3) is 4.76. The minimum atomic E-state index is -1.12. The Morgan fingerprint density at radius 3 is 2.18 bits per heavy atom. The number of ether oxygens (including phenoxy) is 1. The van der Waals surface area contributed by atoms with Gasteiger partial charge in [-0.2, -0.15) is 0 Å². The highest BCUT2D eigenvalue weighted by Gasteiger charge is 2.29. The molecule has 174 valence electrons. The maximum atomic E-state index is 12.5. The first-order valence-corrected chi connectivity index (χ1v) is 10.9. The van der Waals surface area contributed by atoms with Crippen LogP contribution in [-0.4, -0.2) is 41.2 Å². The van der Waals surface area contributed by atoms with E-state index in [4.69, 9.17) is 4.74 Å². The van der Waals surface area contributed by atoms with Gasteiger partial charge in [-0.1, -0.05) is 54.6 Å². The highest BCUT2D eigenvalue weighted by Crippen LogP contribution is 2.44. The highest BCUT2D eigenvalue weighted by molar-refractivity contribution is 5.93. The molecule has 0 bridgehead atoms. The molecule has 4 rings (SSSR count). The molecular weight excluding hydrogens is 434 g/mol. The number of nitrogens with zero attached hydrogens (tertiary/aromatic N) is 1. The van der Waals surface area contributed by atoms with E-state index >= 15 is 0 Å². The Morgan fingerprint density at radius 2 is 1.56 bits per heavy atom. The van der Waals surface area contributed by atoms with Crippen LogP contribution in [0, 0.1) is 5.41 Å². The molecule has 1 aliphatic rings. The Bertz CT molecular complexity index is 1210. The summed E-state index contributed by atoms with van der Waals surface area (Å²) >= 11 is 0. The molecule has 8 nitrogen and oxygen atoms in total. The second kappa shape index (κ2) is 9.35. The number of carboxylic acid groups (broad SMARTS) is 1. The van der Waals surface area contributed by atoms with Crippen LogP contribution in [0.25, 0.3) is 11.1 Å². The molecule has 0 atom stereocenters. The Hall–Kier alpha value is -4.20. The number of rotatable bonds is 7. The van der Waals surface area contributed by atoms with E-state index in [0.29, 0.717) is 0 Å². The van der Waals surface area contributed by atoms with Gasteiger partial charge < -0.3 is 15.2 Å². The van der Waals surface area contributed by atoms with Crippen molar-refractivity contribution in [2.75, 3.05) is 18.5 Å². The molecular formula is C26H25N3O5. The third-order valence-corrected chi connectivity index (χ3v) is 5.83. The number of nitrogens with one attached hydrogen (secondary N) is 2. The first-order valence-electron chi connectivity index (χ1n) is 10.9. The van der Waals surface area contributed by atoms with E-state index in [1.165, 1.54) is 19.9 Å². The largest absolute Gasteiger partial charge is 0.481 e. The van der Waals surface area contributed by atoms with Crippen molar-refractivity contribution in [1.82, 2.24) is 10.3 Å².